The number of unbranched alkanes of at least 4 members (excludes halogenated alkanes) is 1. The Labute approximate surface area is 137 Å². The van der Waals surface area contributed by atoms with Crippen LogP contribution >= 0.6 is 0 Å². The molecule has 0 spiro atoms. The first kappa shape index (κ1) is 18.2. The van der Waals surface area contributed by atoms with Gasteiger partial charge in [-0.3, -0.25) is 9.59 Å². The second-order valence-corrected chi connectivity index (χ2v) is 6.69. The zero-order chi connectivity index (χ0) is 16.8. The van der Waals surface area contributed by atoms with Crippen LogP contribution in [0.2, 0.25) is 0 Å². The van der Waals surface area contributed by atoms with Crippen LogP contribution in [0.3, 0.4) is 0 Å². The van der Waals surface area contributed by atoms with Gasteiger partial charge in [0.15, 0.2) is 12.2 Å². The number of fused-ring (bicyclic) bond motifs is 1. The van der Waals surface area contributed by atoms with Crippen LogP contribution in [0.4, 0.5) is 0 Å². The molecule has 2 saturated heterocycles. The third-order valence-electron chi connectivity index (χ3n) is 4.19. The molecule has 2 heterocycles. The fourth-order valence-corrected chi connectivity index (χ4v) is 2.81. The van der Waals surface area contributed by atoms with Gasteiger partial charge in [-0.1, -0.05) is 27.2 Å². The van der Waals surface area contributed by atoms with Gasteiger partial charge < -0.3 is 18.9 Å². The van der Waals surface area contributed by atoms with Crippen LogP contribution in [-0.4, -0.2) is 49.6 Å². The van der Waals surface area contributed by atoms with Crippen molar-refractivity contribution >= 4 is 11.9 Å². The molecular formula is C17H28O6. The minimum atomic E-state index is -0.404. The molecule has 0 N–H and O–H groups in total. The zero-order valence-electron chi connectivity index (χ0n) is 14.3. The van der Waals surface area contributed by atoms with Gasteiger partial charge in [-0.25, -0.2) is 0 Å². The van der Waals surface area contributed by atoms with E-state index in [1.807, 2.05) is 6.92 Å². The Kier molecular flexibility index (Phi) is 6.84. The Morgan fingerprint density at radius 2 is 1.52 bits per heavy atom. The summed E-state index contributed by atoms with van der Waals surface area (Å²) in [6.45, 7) is 6.76. The Morgan fingerprint density at radius 1 is 1.00 bits per heavy atom. The Bertz CT molecular complexity index is 408. The quantitative estimate of drug-likeness (QED) is 0.636. The number of hydrogen-bond donors (Lipinski definition) is 0. The SMILES string of the molecule is CCCCC(=O)O[C@@H]1CO[C@H]2[C@@H]1OC[C@@H]2OC(=O)CCC(C)C. The van der Waals surface area contributed by atoms with Gasteiger partial charge in [0.2, 0.25) is 0 Å². The van der Waals surface area contributed by atoms with E-state index in [0.29, 0.717) is 32.0 Å². The van der Waals surface area contributed by atoms with Crippen LogP contribution in [0.15, 0.2) is 0 Å². The molecule has 0 aromatic rings. The minimum Gasteiger partial charge on any atom is -0.457 e. The van der Waals surface area contributed by atoms with Crippen molar-refractivity contribution < 1.29 is 28.5 Å². The first-order chi connectivity index (χ1) is 11.0. The average molecular weight is 328 g/mol. The lowest BCUT2D eigenvalue weighted by Gasteiger charge is -2.17. The third-order valence-corrected chi connectivity index (χ3v) is 4.19. The molecule has 0 amide bonds. The van der Waals surface area contributed by atoms with Gasteiger partial charge in [0.1, 0.15) is 12.2 Å². The highest BCUT2D eigenvalue weighted by atomic mass is 16.7. The predicted octanol–water partition coefficient (Wildman–Crippen LogP) is 2.23. The fourth-order valence-electron chi connectivity index (χ4n) is 2.81. The van der Waals surface area contributed by atoms with E-state index in [9.17, 15) is 9.59 Å². The molecule has 0 bridgehead atoms. The maximum Gasteiger partial charge on any atom is 0.306 e. The molecule has 2 aliphatic heterocycles. The summed E-state index contributed by atoms with van der Waals surface area (Å²) in [7, 11) is 0. The van der Waals surface area contributed by atoms with Crippen molar-refractivity contribution in [2.75, 3.05) is 13.2 Å². The smallest absolute Gasteiger partial charge is 0.306 e. The molecule has 0 aromatic heterocycles. The van der Waals surface area contributed by atoms with Gasteiger partial charge in [-0.2, -0.15) is 0 Å². The summed E-state index contributed by atoms with van der Waals surface area (Å²) in [5.74, 6) is 0.0202. The van der Waals surface area contributed by atoms with E-state index in [4.69, 9.17) is 18.9 Å². The van der Waals surface area contributed by atoms with Gasteiger partial charge in [0, 0.05) is 12.8 Å². The number of carbonyl (C=O) groups excluding carboxylic acids is 2. The molecule has 0 unspecified atom stereocenters. The molecule has 6 heteroatoms. The Hall–Kier alpha value is -1.14. The maximum absolute atomic E-state index is 11.9. The van der Waals surface area contributed by atoms with E-state index in [2.05, 4.69) is 13.8 Å². The summed E-state index contributed by atoms with van der Waals surface area (Å²) >= 11 is 0. The molecule has 132 valence electrons. The number of carbonyl (C=O) groups is 2. The van der Waals surface area contributed by atoms with E-state index in [1.54, 1.807) is 0 Å². The van der Waals surface area contributed by atoms with Crippen molar-refractivity contribution in [3.63, 3.8) is 0 Å². The van der Waals surface area contributed by atoms with Gasteiger partial charge in [-0.15, -0.1) is 0 Å². The van der Waals surface area contributed by atoms with Crippen molar-refractivity contribution in [3.8, 4) is 0 Å². The third kappa shape index (κ3) is 5.18. The van der Waals surface area contributed by atoms with Crippen molar-refractivity contribution in [3.05, 3.63) is 0 Å². The van der Waals surface area contributed by atoms with Crippen LogP contribution in [0.1, 0.15) is 52.9 Å². The highest BCUT2D eigenvalue weighted by Crippen LogP contribution is 2.31. The fraction of sp³-hybridized carbons (Fsp3) is 0.882. The van der Waals surface area contributed by atoms with E-state index < -0.39 is 12.2 Å². The summed E-state index contributed by atoms with van der Waals surface area (Å²) in [4.78, 5) is 23.6. The first-order valence-electron chi connectivity index (χ1n) is 8.63. The molecule has 2 fully saturated rings. The zero-order valence-corrected chi connectivity index (χ0v) is 14.3. The van der Waals surface area contributed by atoms with Crippen molar-refractivity contribution in [2.24, 2.45) is 5.92 Å². The molecule has 0 aromatic carbocycles. The van der Waals surface area contributed by atoms with E-state index >= 15 is 0 Å². The second kappa shape index (κ2) is 8.64. The molecule has 2 aliphatic rings. The maximum atomic E-state index is 11.9. The van der Waals surface area contributed by atoms with Gasteiger partial charge in [0.05, 0.1) is 13.2 Å². The van der Waals surface area contributed by atoms with Gasteiger partial charge in [-0.05, 0) is 18.8 Å². The van der Waals surface area contributed by atoms with Crippen LogP contribution in [-0.2, 0) is 28.5 Å². The summed E-state index contributed by atoms with van der Waals surface area (Å²) < 4.78 is 22.2. The Morgan fingerprint density at radius 3 is 2.00 bits per heavy atom. The number of ether oxygens (including phenoxy) is 4. The number of rotatable bonds is 8. The minimum absolute atomic E-state index is 0.220. The highest BCUT2D eigenvalue weighted by Gasteiger charge is 2.51. The molecule has 0 aliphatic carbocycles. The topological polar surface area (TPSA) is 71.1 Å². The molecule has 2 rings (SSSR count). The van der Waals surface area contributed by atoms with Crippen LogP contribution in [0.5, 0.6) is 0 Å². The summed E-state index contributed by atoms with van der Waals surface area (Å²) in [6.07, 6.45) is 1.93. The standard InChI is InChI=1S/C17H28O6/c1-4-5-6-14(18)22-12-9-20-17-13(10-21-16(12)17)23-15(19)8-7-11(2)3/h11-13,16-17H,4-10H2,1-3H3/t12-,13+,16-,17-/m1/s1. The molecule has 0 radical (unpaired) electrons. The second-order valence-electron chi connectivity index (χ2n) is 6.69. The summed E-state index contributed by atoms with van der Waals surface area (Å²) in [5.41, 5.74) is 0. The van der Waals surface area contributed by atoms with Gasteiger partial charge >= 0.3 is 11.9 Å². The molecule has 6 nitrogen and oxygen atoms in total. The van der Waals surface area contributed by atoms with Crippen LogP contribution in [0.25, 0.3) is 0 Å². The largest absolute Gasteiger partial charge is 0.457 e. The lowest BCUT2D eigenvalue weighted by atomic mass is 10.1. The lowest BCUT2D eigenvalue weighted by Crippen LogP contribution is -2.36. The molecular weight excluding hydrogens is 300 g/mol. The summed E-state index contributed by atoms with van der Waals surface area (Å²) in [5, 5.41) is 0. The van der Waals surface area contributed by atoms with E-state index in [-0.39, 0.29) is 24.1 Å². The first-order valence-corrected chi connectivity index (χ1v) is 8.63. The molecule has 23 heavy (non-hydrogen) atoms. The van der Waals surface area contributed by atoms with E-state index in [1.165, 1.54) is 0 Å². The summed E-state index contributed by atoms with van der Waals surface area (Å²) in [6, 6.07) is 0. The van der Waals surface area contributed by atoms with Crippen molar-refractivity contribution in [1.82, 2.24) is 0 Å². The van der Waals surface area contributed by atoms with Gasteiger partial charge in [0.25, 0.3) is 0 Å². The van der Waals surface area contributed by atoms with Crippen molar-refractivity contribution in [2.45, 2.75) is 77.3 Å². The van der Waals surface area contributed by atoms with Crippen molar-refractivity contribution in [1.29, 1.82) is 0 Å². The average Bonchev–Trinajstić information content (AvgIpc) is 3.07. The van der Waals surface area contributed by atoms with Crippen LogP contribution in [0, 0.1) is 5.92 Å². The highest BCUT2D eigenvalue weighted by molar-refractivity contribution is 5.70. The molecule has 0 saturated carbocycles. The number of esters is 2. The molecule has 4 atom stereocenters. The lowest BCUT2D eigenvalue weighted by molar-refractivity contribution is -0.155. The van der Waals surface area contributed by atoms with E-state index in [0.717, 1.165) is 19.3 Å². The predicted molar refractivity (Wildman–Crippen MR) is 82.8 cm³/mol. The van der Waals surface area contributed by atoms with Crippen LogP contribution < -0.4 is 0 Å². The monoisotopic (exact) mass is 328 g/mol. The normalized spacial score (nSPS) is 29.6. The number of hydrogen-bond acceptors (Lipinski definition) is 6. The Balaban J connectivity index is 1.77.